The minimum atomic E-state index is -3.64. The van der Waals surface area contributed by atoms with Crippen LogP contribution in [0.4, 0.5) is 5.69 Å². The van der Waals surface area contributed by atoms with Gasteiger partial charge in [0.1, 0.15) is 5.75 Å². The zero-order valence-corrected chi connectivity index (χ0v) is 19.3. The maximum atomic E-state index is 13.2. The summed E-state index contributed by atoms with van der Waals surface area (Å²) in [7, 11) is -1.98. The van der Waals surface area contributed by atoms with Crippen molar-refractivity contribution >= 4 is 21.6 Å². The van der Waals surface area contributed by atoms with Crippen molar-refractivity contribution in [2.45, 2.75) is 43.0 Å². The van der Waals surface area contributed by atoms with Crippen LogP contribution in [0.3, 0.4) is 0 Å². The second-order valence-electron chi connectivity index (χ2n) is 8.64. The number of carbonyl (C=O) groups is 1. The Kier molecular flexibility index (Phi) is 6.71. The Labute approximate surface area is 190 Å². The molecule has 2 fully saturated rings. The minimum Gasteiger partial charge on any atom is -0.508 e. The number of carbonyl (C=O) groups excluding carboxylic acids is 1. The quantitative estimate of drug-likeness (QED) is 0.745. The summed E-state index contributed by atoms with van der Waals surface area (Å²) in [6.07, 6.45) is 5.05. The first kappa shape index (κ1) is 22.6. The highest BCUT2D eigenvalue weighted by atomic mass is 32.2. The third kappa shape index (κ3) is 4.76. The van der Waals surface area contributed by atoms with E-state index in [-0.39, 0.29) is 22.6 Å². The molecule has 0 unspecified atom stereocenters. The molecule has 1 heterocycles. The van der Waals surface area contributed by atoms with Crippen LogP contribution in [0.1, 0.15) is 42.5 Å². The number of hydrogen-bond donors (Lipinski definition) is 1. The van der Waals surface area contributed by atoms with Crippen LogP contribution in [0.15, 0.2) is 53.4 Å². The van der Waals surface area contributed by atoms with Gasteiger partial charge in [-0.2, -0.15) is 4.31 Å². The van der Waals surface area contributed by atoms with E-state index in [2.05, 4.69) is 4.90 Å². The minimum absolute atomic E-state index is 0.0288. The summed E-state index contributed by atoms with van der Waals surface area (Å²) >= 11 is 0. The number of aromatic hydroxyl groups is 1. The van der Waals surface area contributed by atoms with E-state index in [1.807, 2.05) is 12.1 Å². The molecule has 2 aromatic rings. The van der Waals surface area contributed by atoms with Crippen LogP contribution in [0, 0.1) is 0 Å². The highest BCUT2D eigenvalue weighted by molar-refractivity contribution is 7.89. The van der Waals surface area contributed by atoms with E-state index >= 15 is 0 Å². The Bertz CT molecular complexity index is 1040. The van der Waals surface area contributed by atoms with Crippen LogP contribution in [-0.2, 0) is 10.0 Å². The van der Waals surface area contributed by atoms with Gasteiger partial charge in [0.05, 0.1) is 4.90 Å². The molecule has 1 amide bonds. The topological polar surface area (TPSA) is 81.2 Å². The lowest BCUT2D eigenvalue weighted by atomic mass is 9.96. The van der Waals surface area contributed by atoms with Crippen LogP contribution >= 0.6 is 0 Å². The Morgan fingerprint density at radius 2 is 1.62 bits per heavy atom. The van der Waals surface area contributed by atoms with Crippen molar-refractivity contribution in [1.29, 1.82) is 0 Å². The van der Waals surface area contributed by atoms with Gasteiger partial charge < -0.3 is 14.9 Å². The molecule has 8 heteroatoms. The average molecular weight is 458 g/mol. The summed E-state index contributed by atoms with van der Waals surface area (Å²) < 4.78 is 27.9. The summed E-state index contributed by atoms with van der Waals surface area (Å²) in [5, 5.41) is 9.47. The molecule has 1 saturated carbocycles. The molecule has 0 bridgehead atoms. The fraction of sp³-hybridized carbons (Fsp3) is 0.458. The molecule has 1 saturated heterocycles. The van der Waals surface area contributed by atoms with E-state index in [1.54, 1.807) is 42.3 Å². The second-order valence-corrected chi connectivity index (χ2v) is 10.6. The number of rotatable bonds is 5. The highest BCUT2D eigenvalue weighted by Crippen LogP contribution is 2.27. The zero-order valence-electron chi connectivity index (χ0n) is 18.5. The third-order valence-electron chi connectivity index (χ3n) is 6.63. The number of sulfonamides is 1. The molecule has 1 aliphatic heterocycles. The summed E-state index contributed by atoms with van der Waals surface area (Å²) in [4.78, 5) is 17.2. The molecular weight excluding hydrogens is 426 g/mol. The highest BCUT2D eigenvalue weighted by Gasteiger charge is 2.30. The molecule has 2 aliphatic rings. The van der Waals surface area contributed by atoms with Gasteiger partial charge in [-0.3, -0.25) is 4.79 Å². The van der Waals surface area contributed by atoms with Gasteiger partial charge in [0.15, 0.2) is 0 Å². The number of nitrogens with zero attached hydrogens (tertiary/aromatic N) is 3. The first-order valence-electron chi connectivity index (χ1n) is 11.3. The van der Waals surface area contributed by atoms with Crippen molar-refractivity contribution in [2.75, 3.05) is 38.1 Å². The predicted octanol–water partition coefficient (Wildman–Crippen LogP) is 3.31. The molecule has 4 rings (SSSR count). The summed E-state index contributed by atoms with van der Waals surface area (Å²) in [5.74, 6) is 0.0826. The smallest absolute Gasteiger partial charge is 0.254 e. The lowest BCUT2D eigenvalue weighted by Gasteiger charge is -2.36. The molecule has 0 aromatic heterocycles. The van der Waals surface area contributed by atoms with Crippen molar-refractivity contribution in [2.24, 2.45) is 0 Å². The standard InChI is InChI=1S/C24H31N3O4S/c1-25(20-7-3-2-4-8-20)32(30,31)23-9-5-6-19(18-23)24(29)27-16-14-26(15-17-27)21-10-12-22(28)13-11-21/h5-6,9-13,18,20,28H,2-4,7-8,14-17H2,1H3. The molecular formula is C24H31N3O4S. The van der Waals surface area contributed by atoms with E-state index in [1.165, 1.54) is 10.4 Å². The van der Waals surface area contributed by atoms with Crippen molar-refractivity contribution in [1.82, 2.24) is 9.21 Å². The molecule has 7 nitrogen and oxygen atoms in total. The first-order valence-corrected chi connectivity index (χ1v) is 12.7. The van der Waals surface area contributed by atoms with E-state index in [9.17, 15) is 18.3 Å². The van der Waals surface area contributed by atoms with E-state index in [4.69, 9.17) is 0 Å². The lowest BCUT2D eigenvalue weighted by Crippen LogP contribution is -2.48. The zero-order chi connectivity index (χ0) is 22.7. The molecule has 32 heavy (non-hydrogen) atoms. The molecule has 1 aliphatic carbocycles. The van der Waals surface area contributed by atoms with Gasteiger partial charge >= 0.3 is 0 Å². The summed E-state index contributed by atoms with van der Waals surface area (Å²) in [6, 6.07) is 13.5. The van der Waals surface area contributed by atoms with Crippen LogP contribution < -0.4 is 4.90 Å². The van der Waals surface area contributed by atoms with E-state index in [0.29, 0.717) is 31.7 Å². The fourth-order valence-electron chi connectivity index (χ4n) is 4.61. The normalized spacial score (nSPS) is 18.2. The third-order valence-corrected chi connectivity index (χ3v) is 8.53. The number of hydrogen-bond acceptors (Lipinski definition) is 5. The first-order chi connectivity index (χ1) is 15.4. The van der Waals surface area contributed by atoms with Crippen LogP contribution in [0.25, 0.3) is 0 Å². The van der Waals surface area contributed by atoms with Crippen LogP contribution in [0.5, 0.6) is 5.75 Å². The van der Waals surface area contributed by atoms with Crippen molar-refractivity contribution in [3.05, 3.63) is 54.1 Å². The average Bonchev–Trinajstić information content (AvgIpc) is 2.84. The van der Waals surface area contributed by atoms with Crippen molar-refractivity contribution in [3.63, 3.8) is 0 Å². The second kappa shape index (κ2) is 9.50. The predicted molar refractivity (Wildman–Crippen MR) is 124 cm³/mol. The molecule has 0 radical (unpaired) electrons. The number of amides is 1. The van der Waals surface area contributed by atoms with E-state index in [0.717, 1.165) is 37.8 Å². The van der Waals surface area contributed by atoms with Crippen molar-refractivity contribution in [3.8, 4) is 5.75 Å². The van der Waals surface area contributed by atoms with Crippen molar-refractivity contribution < 1.29 is 18.3 Å². The SMILES string of the molecule is CN(C1CCCCC1)S(=O)(=O)c1cccc(C(=O)N2CCN(c3ccc(O)cc3)CC2)c1. The summed E-state index contributed by atoms with van der Waals surface area (Å²) in [6.45, 7) is 2.47. The fourth-order valence-corrected chi connectivity index (χ4v) is 6.07. The van der Waals surface area contributed by atoms with Gasteiger partial charge in [-0.25, -0.2) is 8.42 Å². The Balaban J connectivity index is 1.44. The van der Waals surface area contributed by atoms with Gasteiger partial charge in [-0.15, -0.1) is 0 Å². The van der Waals surface area contributed by atoms with Gasteiger partial charge in [0.2, 0.25) is 10.0 Å². The maximum absolute atomic E-state index is 13.2. The number of phenols is 1. The largest absolute Gasteiger partial charge is 0.508 e. The molecule has 0 spiro atoms. The van der Waals surface area contributed by atoms with Gasteiger partial charge in [-0.1, -0.05) is 25.3 Å². The van der Waals surface area contributed by atoms with Gasteiger partial charge in [0.25, 0.3) is 5.91 Å². The van der Waals surface area contributed by atoms with Crippen LogP contribution in [-0.4, -0.2) is 67.9 Å². The lowest BCUT2D eigenvalue weighted by molar-refractivity contribution is 0.0746. The van der Waals surface area contributed by atoms with Crippen LogP contribution in [0.2, 0.25) is 0 Å². The Hall–Kier alpha value is -2.58. The molecule has 2 aromatic carbocycles. The maximum Gasteiger partial charge on any atom is 0.254 e. The Morgan fingerprint density at radius 1 is 0.969 bits per heavy atom. The summed E-state index contributed by atoms with van der Waals surface area (Å²) in [5.41, 5.74) is 1.41. The number of piperazine rings is 1. The monoisotopic (exact) mass is 457 g/mol. The van der Waals surface area contributed by atoms with Gasteiger partial charge in [0, 0.05) is 50.5 Å². The molecule has 172 valence electrons. The van der Waals surface area contributed by atoms with Gasteiger partial charge in [-0.05, 0) is 55.3 Å². The number of anilines is 1. The number of phenolic OH excluding ortho intramolecular Hbond substituents is 1. The molecule has 1 N–H and O–H groups in total. The molecule has 0 atom stereocenters. The number of benzene rings is 2. The Morgan fingerprint density at radius 3 is 2.28 bits per heavy atom. The van der Waals surface area contributed by atoms with E-state index < -0.39 is 10.0 Å².